The van der Waals surface area contributed by atoms with Crippen LogP contribution in [0.1, 0.15) is 12.2 Å². The molecule has 0 atom stereocenters. The summed E-state index contributed by atoms with van der Waals surface area (Å²) in [5, 5.41) is 9.29. The zero-order valence-electron chi connectivity index (χ0n) is 18.5. The highest BCUT2D eigenvalue weighted by atomic mass is 35.5. The van der Waals surface area contributed by atoms with Crippen LogP contribution in [0.25, 0.3) is 32.0 Å². The van der Waals surface area contributed by atoms with Gasteiger partial charge in [0.2, 0.25) is 0 Å². The largest absolute Gasteiger partial charge is 0.494 e. The lowest BCUT2D eigenvalue weighted by atomic mass is 10.1. The summed E-state index contributed by atoms with van der Waals surface area (Å²) in [6.07, 6.45) is 4.64. The Morgan fingerprint density at radius 1 is 1.23 bits per heavy atom. The van der Waals surface area contributed by atoms with Crippen LogP contribution < -0.4 is 16.0 Å². The molecule has 12 heteroatoms. The van der Waals surface area contributed by atoms with Gasteiger partial charge in [-0.3, -0.25) is 18.7 Å². The van der Waals surface area contributed by atoms with E-state index in [0.29, 0.717) is 27.3 Å². The number of ether oxygens (including phenoxy) is 1. The quantitative estimate of drug-likeness (QED) is 0.354. The molecule has 0 aliphatic carbocycles. The number of hydrogen-bond donors (Lipinski definition) is 0. The van der Waals surface area contributed by atoms with Gasteiger partial charge in [-0.25, -0.2) is 18.7 Å². The third-order valence-electron chi connectivity index (χ3n) is 5.60. The summed E-state index contributed by atoms with van der Waals surface area (Å²) in [5.74, 6) is 0.183. The monoisotopic (exact) mass is 510 g/mol. The lowest BCUT2D eigenvalue weighted by Gasteiger charge is -2.12. The number of aryl methyl sites for hydroxylation is 2. The lowest BCUT2D eigenvalue weighted by molar-refractivity contribution is 0.387. The number of methoxy groups -OCH3 is 1. The number of fused-ring (bicyclic) bond motifs is 2. The zero-order valence-corrected chi connectivity index (χ0v) is 20.0. The summed E-state index contributed by atoms with van der Waals surface area (Å²) in [5.41, 5.74) is 0.250. The second-order valence-corrected chi connectivity index (χ2v) is 9.07. The highest BCUT2D eigenvalue weighted by Gasteiger charge is 2.22. The molecule has 0 spiro atoms. The molecule has 4 heterocycles. The maximum absolute atomic E-state index is 14.1. The summed E-state index contributed by atoms with van der Waals surface area (Å²) in [6.45, 7) is 1.82. The van der Waals surface area contributed by atoms with E-state index < -0.39 is 17.1 Å². The van der Waals surface area contributed by atoms with Gasteiger partial charge in [0.25, 0.3) is 5.56 Å². The van der Waals surface area contributed by atoms with Crippen molar-refractivity contribution in [2.24, 2.45) is 0 Å². The Hall–Kier alpha value is -4.01. The van der Waals surface area contributed by atoms with Gasteiger partial charge < -0.3 is 4.74 Å². The Morgan fingerprint density at radius 3 is 2.77 bits per heavy atom. The van der Waals surface area contributed by atoms with Gasteiger partial charge in [-0.15, -0.1) is 11.3 Å². The molecule has 0 bridgehead atoms. The normalized spacial score (nSPS) is 11.3. The topological polar surface area (TPSA) is 107 Å². The van der Waals surface area contributed by atoms with E-state index in [-0.39, 0.29) is 34.3 Å². The summed E-state index contributed by atoms with van der Waals surface area (Å²) in [6, 6.07) is 6.26. The third-order valence-corrected chi connectivity index (χ3v) is 7.06. The molecule has 0 radical (unpaired) electrons. The number of halogens is 2. The first-order chi connectivity index (χ1) is 16.8. The Balaban J connectivity index is 1.86. The number of aromatic nitrogens is 5. The van der Waals surface area contributed by atoms with Gasteiger partial charge >= 0.3 is 5.69 Å². The first-order valence-electron chi connectivity index (χ1n) is 10.3. The highest BCUT2D eigenvalue weighted by Crippen LogP contribution is 2.39. The number of thiophene rings is 1. The second kappa shape index (κ2) is 8.65. The average Bonchev–Trinajstić information content (AvgIpc) is 3.44. The molecular weight excluding hydrogens is 495 g/mol. The summed E-state index contributed by atoms with van der Waals surface area (Å²) in [4.78, 5) is 36.2. The fraction of sp³-hybridized carbons (Fsp3) is 0.174. The number of nitrogens with zero attached hydrogens (tertiary/aromatic N) is 6. The van der Waals surface area contributed by atoms with Gasteiger partial charge in [0.15, 0.2) is 11.6 Å². The first kappa shape index (κ1) is 22.8. The highest BCUT2D eigenvalue weighted by molar-refractivity contribution is 7.22. The molecule has 0 fully saturated rings. The van der Waals surface area contributed by atoms with Crippen molar-refractivity contribution in [1.29, 1.82) is 5.26 Å². The van der Waals surface area contributed by atoms with Crippen molar-refractivity contribution < 1.29 is 9.13 Å². The summed E-state index contributed by atoms with van der Waals surface area (Å²) < 4.78 is 23.5. The van der Waals surface area contributed by atoms with E-state index in [4.69, 9.17) is 21.6 Å². The fourth-order valence-electron chi connectivity index (χ4n) is 3.98. The predicted octanol–water partition coefficient (Wildman–Crippen LogP) is 3.95. The third kappa shape index (κ3) is 3.58. The smallest absolute Gasteiger partial charge is 0.337 e. The van der Waals surface area contributed by atoms with Crippen LogP contribution in [-0.2, 0) is 6.54 Å². The first-order valence-corrected chi connectivity index (χ1v) is 11.5. The number of nitriles is 1. The van der Waals surface area contributed by atoms with E-state index in [1.165, 1.54) is 23.9 Å². The van der Waals surface area contributed by atoms with Crippen LogP contribution in [0.5, 0.6) is 5.75 Å². The molecule has 1 aromatic carbocycles. The van der Waals surface area contributed by atoms with Crippen molar-refractivity contribution in [3.63, 3.8) is 0 Å². The van der Waals surface area contributed by atoms with Crippen molar-refractivity contribution in [1.82, 2.24) is 23.5 Å². The van der Waals surface area contributed by atoms with E-state index in [1.807, 2.05) is 6.07 Å². The van der Waals surface area contributed by atoms with Gasteiger partial charge in [-0.2, -0.15) is 5.26 Å². The summed E-state index contributed by atoms with van der Waals surface area (Å²) >= 11 is 7.42. The van der Waals surface area contributed by atoms with Crippen molar-refractivity contribution in [2.75, 3.05) is 7.11 Å². The molecule has 0 amide bonds. The van der Waals surface area contributed by atoms with Crippen LogP contribution in [0.4, 0.5) is 4.39 Å². The van der Waals surface area contributed by atoms with Crippen LogP contribution in [0.2, 0.25) is 5.02 Å². The van der Waals surface area contributed by atoms with Gasteiger partial charge in [0.05, 0.1) is 54.2 Å². The fourth-order valence-corrected chi connectivity index (χ4v) is 5.41. The Morgan fingerprint density at radius 2 is 2.03 bits per heavy atom. The standard InChI is InChI=1S/C23H16ClFN6O3S/c1-12-28-10-13-9-27-11-20(30(12)13)31-22(32)21-17(29(23(31)33)5-3-4-26)8-19(35-21)14-6-18(34-2)16(25)7-15(14)24/h6-11H,3,5H2,1-2H3. The van der Waals surface area contributed by atoms with Crippen LogP contribution in [0.3, 0.4) is 0 Å². The molecule has 5 aromatic rings. The molecular formula is C23H16ClFN6O3S. The van der Waals surface area contributed by atoms with Gasteiger partial charge in [-0.1, -0.05) is 11.6 Å². The van der Waals surface area contributed by atoms with Crippen molar-refractivity contribution in [3.05, 3.63) is 74.3 Å². The van der Waals surface area contributed by atoms with Crippen LogP contribution in [0, 0.1) is 24.1 Å². The average molecular weight is 511 g/mol. The molecule has 0 N–H and O–H groups in total. The Kier molecular flexibility index (Phi) is 5.62. The maximum Gasteiger partial charge on any atom is 0.337 e. The minimum Gasteiger partial charge on any atom is -0.494 e. The predicted molar refractivity (Wildman–Crippen MR) is 130 cm³/mol. The SMILES string of the molecule is COc1cc(-c2cc3c(s2)c(=O)n(-c2cncc4cnc(C)n24)c(=O)n3CCC#N)c(Cl)cc1F. The lowest BCUT2D eigenvalue weighted by Crippen LogP contribution is -2.39. The van der Waals surface area contributed by atoms with Crippen LogP contribution >= 0.6 is 22.9 Å². The number of rotatable bonds is 5. The number of imidazole rings is 1. The molecule has 176 valence electrons. The van der Waals surface area contributed by atoms with Crippen molar-refractivity contribution in [2.45, 2.75) is 19.9 Å². The molecule has 0 saturated carbocycles. The Labute approximate surface area is 205 Å². The Bertz CT molecular complexity index is 1800. The summed E-state index contributed by atoms with van der Waals surface area (Å²) in [7, 11) is 1.34. The number of hydrogen-bond acceptors (Lipinski definition) is 7. The van der Waals surface area contributed by atoms with E-state index in [9.17, 15) is 14.0 Å². The minimum absolute atomic E-state index is 0.00512. The minimum atomic E-state index is -0.619. The van der Waals surface area contributed by atoms with Crippen LogP contribution in [-0.4, -0.2) is 30.6 Å². The van der Waals surface area contributed by atoms with E-state index >= 15 is 0 Å². The molecule has 0 saturated heterocycles. The molecule has 0 aliphatic heterocycles. The van der Waals surface area contributed by atoms with E-state index in [1.54, 1.807) is 29.8 Å². The number of benzene rings is 1. The van der Waals surface area contributed by atoms with Gasteiger partial charge in [0.1, 0.15) is 16.3 Å². The van der Waals surface area contributed by atoms with Crippen LogP contribution in [0.15, 0.2) is 46.4 Å². The molecule has 0 unspecified atom stereocenters. The van der Waals surface area contributed by atoms with Gasteiger partial charge in [0, 0.05) is 17.0 Å². The molecule has 4 aromatic heterocycles. The van der Waals surface area contributed by atoms with Gasteiger partial charge in [-0.05, 0) is 25.1 Å². The molecule has 0 aliphatic rings. The molecule has 9 nitrogen and oxygen atoms in total. The van der Waals surface area contributed by atoms with E-state index in [0.717, 1.165) is 22.0 Å². The maximum atomic E-state index is 14.1. The molecule has 5 rings (SSSR count). The van der Waals surface area contributed by atoms with Crippen molar-refractivity contribution in [3.8, 4) is 28.1 Å². The molecule has 35 heavy (non-hydrogen) atoms. The van der Waals surface area contributed by atoms with Crippen molar-refractivity contribution >= 4 is 38.7 Å². The zero-order chi connectivity index (χ0) is 24.9. The van der Waals surface area contributed by atoms with E-state index in [2.05, 4.69) is 9.97 Å². The second-order valence-electron chi connectivity index (χ2n) is 7.61.